The van der Waals surface area contributed by atoms with Gasteiger partial charge in [0.15, 0.2) is 0 Å². The number of hydrogen-bond donors (Lipinski definition) is 1. The molecule has 1 aromatic rings. The molecule has 0 saturated heterocycles. The quantitative estimate of drug-likeness (QED) is 0.785. The summed E-state index contributed by atoms with van der Waals surface area (Å²) < 4.78 is 26.4. The molecule has 0 bridgehead atoms. The minimum absolute atomic E-state index is 0.0329. The number of sulfone groups is 1. The highest BCUT2D eigenvalue weighted by atomic mass is 32.2. The van der Waals surface area contributed by atoms with Gasteiger partial charge >= 0.3 is 0 Å². The highest BCUT2D eigenvalue weighted by Crippen LogP contribution is 2.16. The lowest BCUT2D eigenvalue weighted by molar-refractivity contribution is 0.146. The molecule has 1 N–H and O–H groups in total. The van der Waals surface area contributed by atoms with E-state index in [2.05, 4.69) is 0 Å². The molecule has 1 heterocycles. The summed E-state index contributed by atoms with van der Waals surface area (Å²) in [5.74, 6) is 0.373. The number of aliphatic hydroxyl groups excluding tert-OH is 1. The Balaban J connectivity index is 2.48. The minimum Gasteiger partial charge on any atom is -0.467 e. The fourth-order valence-electron chi connectivity index (χ4n) is 0.949. The molecule has 0 aromatic carbocycles. The lowest BCUT2D eigenvalue weighted by Gasteiger charge is -2.05. The Morgan fingerprint density at radius 1 is 1.62 bits per heavy atom. The fourth-order valence-corrected chi connectivity index (χ4v) is 1.60. The van der Waals surface area contributed by atoms with Crippen LogP contribution in [0.15, 0.2) is 22.8 Å². The van der Waals surface area contributed by atoms with E-state index >= 15 is 0 Å². The monoisotopic (exact) mass is 204 g/mol. The van der Waals surface area contributed by atoms with Crippen LogP contribution in [0.4, 0.5) is 0 Å². The van der Waals surface area contributed by atoms with Crippen molar-refractivity contribution in [1.29, 1.82) is 0 Å². The van der Waals surface area contributed by atoms with Crippen LogP contribution in [0.2, 0.25) is 0 Å². The molecule has 0 saturated carbocycles. The van der Waals surface area contributed by atoms with Crippen molar-refractivity contribution in [3.63, 3.8) is 0 Å². The fraction of sp³-hybridized carbons (Fsp3) is 0.500. The molecule has 0 radical (unpaired) electrons. The molecule has 1 aromatic heterocycles. The van der Waals surface area contributed by atoms with Crippen LogP contribution in [0.1, 0.15) is 18.3 Å². The summed E-state index contributed by atoms with van der Waals surface area (Å²) in [5.41, 5.74) is 0. The molecular weight excluding hydrogens is 192 g/mol. The third-order valence-corrected chi connectivity index (χ3v) is 2.61. The molecule has 0 aliphatic heterocycles. The number of hydrogen-bond acceptors (Lipinski definition) is 4. The Kier molecular flexibility index (Phi) is 3.11. The molecule has 74 valence electrons. The molecule has 13 heavy (non-hydrogen) atoms. The van der Waals surface area contributed by atoms with Crippen molar-refractivity contribution in [1.82, 2.24) is 0 Å². The van der Waals surface area contributed by atoms with Crippen LogP contribution in [-0.4, -0.2) is 25.5 Å². The van der Waals surface area contributed by atoms with Crippen LogP contribution < -0.4 is 0 Å². The van der Waals surface area contributed by atoms with Gasteiger partial charge in [0.25, 0.3) is 0 Å². The summed E-state index contributed by atoms with van der Waals surface area (Å²) in [6.07, 6.45) is 1.93. The number of furan rings is 1. The third kappa shape index (κ3) is 3.61. The first-order chi connectivity index (χ1) is 5.99. The lowest BCUT2D eigenvalue weighted by Crippen LogP contribution is -2.07. The molecule has 0 aliphatic rings. The van der Waals surface area contributed by atoms with Crippen LogP contribution >= 0.6 is 0 Å². The molecular formula is C8H12O4S. The molecule has 0 spiro atoms. The first-order valence-electron chi connectivity index (χ1n) is 3.88. The van der Waals surface area contributed by atoms with Gasteiger partial charge in [0.05, 0.1) is 12.0 Å². The molecule has 0 fully saturated rings. The Morgan fingerprint density at radius 2 is 2.31 bits per heavy atom. The molecule has 1 atom stereocenters. The Morgan fingerprint density at radius 3 is 2.77 bits per heavy atom. The zero-order chi connectivity index (χ0) is 9.90. The van der Waals surface area contributed by atoms with E-state index in [0.717, 1.165) is 6.26 Å². The van der Waals surface area contributed by atoms with Gasteiger partial charge < -0.3 is 9.52 Å². The lowest BCUT2D eigenvalue weighted by atomic mass is 10.2. The summed E-state index contributed by atoms with van der Waals surface area (Å²) >= 11 is 0. The van der Waals surface area contributed by atoms with Crippen LogP contribution in [0, 0.1) is 0 Å². The normalized spacial score (nSPS) is 14.3. The SMILES string of the molecule is CS(=O)(=O)CCC(O)c1ccco1. The zero-order valence-corrected chi connectivity index (χ0v) is 8.12. The second-order valence-corrected chi connectivity index (χ2v) is 5.21. The topological polar surface area (TPSA) is 67.5 Å². The van der Waals surface area contributed by atoms with Crippen molar-refractivity contribution >= 4 is 9.84 Å². The van der Waals surface area contributed by atoms with Gasteiger partial charge in [0.1, 0.15) is 21.7 Å². The van der Waals surface area contributed by atoms with Crippen molar-refractivity contribution in [3.05, 3.63) is 24.2 Å². The summed E-state index contributed by atoms with van der Waals surface area (Å²) in [5, 5.41) is 9.41. The standard InChI is InChI=1S/C8H12O4S/c1-13(10,11)6-4-7(9)8-3-2-5-12-8/h2-3,5,7,9H,4,6H2,1H3. The van der Waals surface area contributed by atoms with E-state index in [1.54, 1.807) is 12.1 Å². The average Bonchev–Trinajstić information content (AvgIpc) is 2.50. The van der Waals surface area contributed by atoms with Gasteiger partial charge in [0, 0.05) is 6.26 Å². The first-order valence-corrected chi connectivity index (χ1v) is 5.94. The summed E-state index contributed by atoms with van der Waals surface area (Å²) in [4.78, 5) is 0. The number of rotatable bonds is 4. The van der Waals surface area contributed by atoms with E-state index < -0.39 is 15.9 Å². The highest BCUT2D eigenvalue weighted by molar-refractivity contribution is 7.90. The van der Waals surface area contributed by atoms with E-state index in [-0.39, 0.29) is 12.2 Å². The van der Waals surface area contributed by atoms with Crippen LogP contribution in [0.5, 0.6) is 0 Å². The van der Waals surface area contributed by atoms with E-state index in [1.165, 1.54) is 6.26 Å². The Hall–Kier alpha value is -0.810. The molecule has 4 nitrogen and oxygen atoms in total. The summed E-state index contributed by atoms with van der Waals surface area (Å²) in [7, 11) is -3.01. The van der Waals surface area contributed by atoms with Crippen molar-refractivity contribution < 1.29 is 17.9 Å². The summed E-state index contributed by atoms with van der Waals surface area (Å²) in [6, 6.07) is 3.27. The van der Waals surface area contributed by atoms with E-state index in [9.17, 15) is 13.5 Å². The van der Waals surface area contributed by atoms with Crippen molar-refractivity contribution in [2.24, 2.45) is 0 Å². The van der Waals surface area contributed by atoms with Crippen molar-refractivity contribution in [2.45, 2.75) is 12.5 Å². The predicted molar refractivity (Wildman–Crippen MR) is 48.0 cm³/mol. The first kappa shape index (κ1) is 10.3. The maximum atomic E-state index is 10.8. The van der Waals surface area contributed by atoms with E-state index in [4.69, 9.17) is 4.42 Å². The van der Waals surface area contributed by atoms with E-state index in [0.29, 0.717) is 5.76 Å². The molecule has 5 heteroatoms. The van der Waals surface area contributed by atoms with Gasteiger partial charge in [-0.1, -0.05) is 0 Å². The van der Waals surface area contributed by atoms with E-state index in [1.807, 2.05) is 0 Å². The van der Waals surface area contributed by atoms with Gasteiger partial charge in [-0.05, 0) is 18.6 Å². The van der Waals surface area contributed by atoms with Gasteiger partial charge in [-0.2, -0.15) is 0 Å². The minimum atomic E-state index is -3.01. The molecule has 0 amide bonds. The largest absolute Gasteiger partial charge is 0.467 e. The van der Waals surface area contributed by atoms with Crippen LogP contribution in [0.25, 0.3) is 0 Å². The van der Waals surface area contributed by atoms with Crippen molar-refractivity contribution in [3.8, 4) is 0 Å². The Labute approximate surface area is 77.1 Å². The van der Waals surface area contributed by atoms with Gasteiger partial charge in [-0.15, -0.1) is 0 Å². The summed E-state index contributed by atoms with van der Waals surface area (Å²) in [6.45, 7) is 0. The smallest absolute Gasteiger partial charge is 0.147 e. The third-order valence-electron chi connectivity index (χ3n) is 1.63. The zero-order valence-electron chi connectivity index (χ0n) is 7.30. The van der Waals surface area contributed by atoms with Crippen molar-refractivity contribution in [2.75, 3.05) is 12.0 Å². The second-order valence-electron chi connectivity index (χ2n) is 2.95. The molecule has 1 unspecified atom stereocenters. The average molecular weight is 204 g/mol. The Bertz CT molecular complexity index is 338. The second kappa shape index (κ2) is 3.93. The van der Waals surface area contributed by atoms with Gasteiger partial charge in [-0.25, -0.2) is 8.42 Å². The van der Waals surface area contributed by atoms with Gasteiger partial charge in [-0.3, -0.25) is 0 Å². The van der Waals surface area contributed by atoms with Gasteiger partial charge in [0.2, 0.25) is 0 Å². The maximum absolute atomic E-state index is 10.8. The number of aliphatic hydroxyl groups is 1. The van der Waals surface area contributed by atoms with Crippen LogP contribution in [0.3, 0.4) is 0 Å². The molecule has 1 rings (SSSR count). The maximum Gasteiger partial charge on any atom is 0.147 e. The van der Waals surface area contributed by atoms with Crippen LogP contribution in [-0.2, 0) is 9.84 Å². The predicted octanol–water partition coefficient (Wildman–Crippen LogP) is 0.748. The molecule has 0 aliphatic carbocycles. The highest BCUT2D eigenvalue weighted by Gasteiger charge is 2.13.